The molecular weight excluding hydrogens is 674 g/mol. The molecule has 7 atom stereocenters. The molecule has 2 fully saturated rings. The fraction of sp³-hybridized carbons (Fsp3) is 0.357. The van der Waals surface area contributed by atoms with Crippen molar-refractivity contribution in [2.75, 3.05) is 13.6 Å². The summed E-state index contributed by atoms with van der Waals surface area (Å²) in [4.78, 5) is 41.6. The minimum absolute atomic E-state index is 0.0491. The molecule has 2 saturated heterocycles. The number of hydrogen-bond acceptors (Lipinski definition) is 9. The van der Waals surface area contributed by atoms with Crippen LogP contribution in [0.15, 0.2) is 109 Å². The van der Waals surface area contributed by atoms with Gasteiger partial charge in [-0.15, -0.1) is 0 Å². The molecular formula is C42H47N3O8. The Balaban J connectivity index is 1.12. The van der Waals surface area contributed by atoms with Crippen molar-refractivity contribution in [2.24, 2.45) is 5.92 Å². The van der Waals surface area contributed by atoms with Crippen molar-refractivity contribution in [1.82, 2.24) is 15.1 Å². The van der Waals surface area contributed by atoms with E-state index in [2.05, 4.69) is 17.1 Å². The van der Waals surface area contributed by atoms with Gasteiger partial charge in [-0.25, -0.2) is 4.79 Å². The SMILES string of the molecule is CC1C(CN(C)C(C)C(O)c2ccccc2)OC(c2ccc(CN3C(=O)CC(NC(=O)OCc4ccccc4)C3=O)cc2)OC1c1ccc(CO)cc1. The molecule has 53 heavy (non-hydrogen) atoms. The number of alkyl carbamates (subject to hydrolysis) is 1. The molecule has 4 aromatic carbocycles. The summed E-state index contributed by atoms with van der Waals surface area (Å²) in [6.45, 7) is 4.67. The number of aliphatic hydroxyl groups excluding tert-OH is 2. The number of likely N-dealkylation sites (N-methyl/N-ethyl adjacent to an activating group) is 1. The van der Waals surface area contributed by atoms with Crippen LogP contribution in [0.1, 0.15) is 72.1 Å². The first-order chi connectivity index (χ1) is 25.6. The number of ether oxygens (including phenoxy) is 3. The third kappa shape index (κ3) is 9.19. The normalized spacial score (nSPS) is 22.8. The van der Waals surface area contributed by atoms with Crippen LogP contribution in [0.25, 0.3) is 0 Å². The van der Waals surface area contributed by atoms with Crippen LogP contribution in [0, 0.1) is 5.92 Å². The van der Waals surface area contributed by atoms with Crippen molar-refractivity contribution >= 4 is 17.9 Å². The Morgan fingerprint density at radius 1 is 0.887 bits per heavy atom. The maximum atomic E-state index is 13.1. The fourth-order valence-electron chi connectivity index (χ4n) is 6.78. The van der Waals surface area contributed by atoms with E-state index in [0.29, 0.717) is 6.54 Å². The van der Waals surface area contributed by atoms with E-state index >= 15 is 0 Å². The number of nitrogens with zero attached hydrogens (tertiary/aromatic N) is 2. The van der Waals surface area contributed by atoms with Gasteiger partial charge in [-0.05, 0) is 41.8 Å². The number of carbonyl (C=O) groups is 3. The highest BCUT2D eigenvalue weighted by molar-refractivity contribution is 6.06. The molecule has 278 valence electrons. The Morgan fingerprint density at radius 2 is 1.51 bits per heavy atom. The summed E-state index contributed by atoms with van der Waals surface area (Å²) in [5, 5.41) is 23.3. The van der Waals surface area contributed by atoms with E-state index in [0.717, 1.165) is 38.3 Å². The monoisotopic (exact) mass is 721 g/mol. The first kappa shape index (κ1) is 37.8. The smallest absolute Gasteiger partial charge is 0.408 e. The lowest BCUT2D eigenvalue weighted by atomic mass is 9.89. The van der Waals surface area contributed by atoms with Crippen LogP contribution in [-0.2, 0) is 43.6 Å². The number of hydrogen-bond donors (Lipinski definition) is 3. The van der Waals surface area contributed by atoms with Gasteiger partial charge in [-0.2, -0.15) is 0 Å². The number of carbonyl (C=O) groups excluding carboxylic acids is 3. The molecule has 0 aromatic heterocycles. The van der Waals surface area contributed by atoms with E-state index in [1.807, 2.05) is 123 Å². The molecule has 3 amide bonds. The molecule has 7 unspecified atom stereocenters. The third-order valence-corrected chi connectivity index (χ3v) is 10.2. The van der Waals surface area contributed by atoms with E-state index < -0.39 is 30.4 Å². The van der Waals surface area contributed by atoms with Gasteiger partial charge in [0.05, 0.1) is 37.9 Å². The van der Waals surface area contributed by atoms with E-state index in [9.17, 15) is 24.6 Å². The summed E-state index contributed by atoms with van der Waals surface area (Å²) in [6.07, 6.45) is -2.90. The molecule has 11 nitrogen and oxygen atoms in total. The molecule has 0 saturated carbocycles. The first-order valence-electron chi connectivity index (χ1n) is 18.0. The van der Waals surface area contributed by atoms with Crippen LogP contribution in [0.3, 0.4) is 0 Å². The lowest BCUT2D eigenvalue weighted by molar-refractivity contribution is -0.276. The fourth-order valence-corrected chi connectivity index (χ4v) is 6.78. The Bertz CT molecular complexity index is 1820. The maximum Gasteiger partial charge on any atom is 0.408 e. The Morgan fingerprint density at radius 3 is 2.17 bits per heavy atom. The molecule has 3 N–H and O–H groups in total. The summed E-state index contributed by atoms with van der Waals surface area (Å²) in [5.41, 5.74) is 4.91. The number of imide groups is 1. The number of nitrogens with one attached hydrogen (secondary N) is 1. The Hall–Kier alpha value is -4.91. The molecule has 0 bridgehead atoms. The second-order valence-electron chi connectivity index (χ2n) is 13.9. The number of likely N-dealkylation sites (tertiary alicyclic amines) is 1. The highest BCUT2D eigenvalue weighted by Gasteiger charge is 2.41. The topological polar surface area (TPSA) is 138 Å². The van der Waals surface area contributed by atoms with E-state index in [-0.39, 0.29) is 56.3 Å². The Kier molecular flexibility index (Phi) is 12.3. The zero-order valence-electron chi connectivity index (χ0n) is 30.2. The lowest BCUT2D eigenvalue weighted by Crippen LogP contribution is -2.46. The summed E-state index contributed by atoms with van der Waals surface area (Å²) in [6, 6.07) is 32.7. The summed E-state index contributed by atoms with van der Waals surface area (Å²) in [5.74, 6) is -0.926. The number of amides is 3. The average molecular weight is 722 g/mol. The Labute approximate surface area is 310 Å². The number of benzene rings is 4. The predicted octanol–water partition coefficient (Wildman–Crippen LogP) is 5.58. The van der Waals surface area contributed by atoms with Gasteiger partial charge < -0.3 is 29.7 Å². The van der Waals surface area contributed by atoms with Crippen LogP contribution in [0.5, 0.6) is 0 Å². The maximum absolute atomic E-state index is 13.1. The van der Waals surface area contributed by atoms with Crippen LogP contribution in [0.4, 0.5) is 4.79 Å². The van der Waals surface area contributed by atoms with Crippen molar-refractivity contribution in [1.29, 1.82) is 0 Å². The molecule has 2 heterocycles. The quantitative estimate of drug-likeness (QED) is 0.151. The molecule has 4 aromatic rings. The third-order valence-electron chi connectivity index (χ3n) is 10.2. The lowest BCUT2D eigenvalue weighted by Gasteiger charge is -2.43. The summed E-state index contributed by atoms with van der Waals surface area (Å²) >= 11 is 0. The van der Waals surface area contributed by atoms with Crippen LogP contribution >= 0.6 is 0 Å². The van der Waals surface area contributed by atoms with Gasteiger partial charge in [0.2, 0.25) is 5.91 Å². The van der Waals surface area contributed by atoms with Crippen molar-refractivity contribution in [3.63, 3.8) is 0 Å². The van der Waals surface area contributed by atoms with E-state index in [1.54, 1.807) is 0 Å². The summed E-state index contributed by atoms with van der Waals surface area (Å²) in [7, 11) is 1.98. The molecule has 0 radical (unpaired) electrons. The van der Waals surface area contributed by atoms with Crippen molar-refractivity contribution < 1.29 is 38.8 Å². The minimum atomic E-state index is -0.994. The van der Waals surface area contributed by atoms with Gasteiger partial charge >= 0.3 is 6.09 Å². The zero-order chi connectivity index (χ0) is 37.5. The first-order valence-corrected chi connectivity index (χ1v) is 18.0. The van der Waals surface area contributed by atoms with Gasteiger partial charge in [0.1, 0.15) is 12.6 Å². The van der Waals surface area contributed by atoms with Crippen molar-refractivity contribution in [3.05, 3.63) is 143 Å². The number of aliphatic hydroxyl groups is 2. The van der Waals surface area contributed by atoms with Gasteiger partial charge in [-0.3, -0.25) is 19.4 Å². The predicted molar refractivity (Wildman–Crippen MR) is 197 cm³/mol. The van der Waals surface area contributed by atoms with Gasteiger partial charge in [0.25, 0.3) is 5.91 Å². The number of rotatable bonds is 13. The zero-order valence-corrected chi connectivity index (χ0v) is 30.2. The second kappa shape index (κ2) is 17.3. The molecule has 0 spiro atoms. The van der Waals surface area contributed by atoms with Gasteiger partial charge in [0.15, 0.2) is 6.29 Å². The van der Waals surface area contributed by atoms with Crippen molar-refractivity contribution in [3.8, 4) is 0 Å². The molecule has 6 rings (SSSR count). The average Bonchev–Trinajstić information content (AvgIpc) is 3.45. The highest BCUT2D eigenvalue weighted by Crippen LogP contribution is 2.42. The van der Waals surface area contributed by atoms with E-state index in [1.165, 1.54) is 0 Å². The molecule has 2 aliphatic rings. The molecule has 11 heteroatoms. The summed E-state index contributed by atoms with van der Waals surface area (Å²) < 4.78 is 18.5. The standard InChI is InChI=1S/C42H47N3O8/c1-27-36(24-44(3)28(2)38(48)32-12-8-5-9-13-32)52-41(53-39(27)33-18-16-30(25-46)17-19-33)34-20-14-29(15-21-34)23-45-37(47)22-35(40(45)49)43-42(50)51-26-31-10-6-4-7-11-31/h4-21,27-28,35-36,38-39,41,46,48H,22-26H2,1-3H3,(H,43,50). The second-order valence-corrected chi connectivity index (χ2v) is 13.9. The molecule has 2 aliphatic heterocycles. The van der Waals surface area contributed by atoms with Crippen molar-refractivity contribution in [2.45, 2.75) is 76.7 Å². The largest absolute Gasteiger partial charge is 0.445 e. The minimum Gasteiger partial charge on any atom is -0.445 e. The van der Waals surface area contributed by atoms with Crippen LogP contribution in [0.2, 0.25) is 0 Å². The van der Waals surface area contributed by atoms with Gasteiger partial charge in [0, 0.05) is 24.1 Å². The molecule has 0 aliphatic carbocycles. The van der Waals surface area contributed by atoms with Crippen LogP contribution in [-0.4, -0.2) is 69.7 Å². The van der Waals surface area contributed by atoms with Gasteiger partial charge in [-0.1, -0.05) is 116 Å². The highest BCUT2D eigenvalue weighted by atomic mass is 16.7. The van der Waals surface area contributed by atoms with E-state index in [4.69, 9.17) is 14.2 Å². The van der Waals surface area contributed by atoms with Crippen LogP contribution < -0.4 is 5.32 Å².